The first-order valence-corrected chi connectivity index (χ1v) is 5.93. The number of rotatable bonds is 5. The Morgan fingerprint density at radius 2 is 2.19 bits per heavy atom. The van der Waals surface area contributed by atoms with Gasteiger partial charge >= 0.3 is 5.97 Å². The zero-order valence-electron chi connectivity index (χ0n) is 10.5. The van der Waals surface area contributed by atoms with E-state index < -0.39 is 5.41 Å². The molecule has 1 aliphatic carbocycles. The molecule has 0 radical (unpaired) electrons. The van der Waals surface area contributed by atoms with E-state index in [-0.39, 0.29) is 12.1 Å². The zero-order chi connectivity index (χ0) is 12.2. The van der Waals surface area contributed by atoms with Crippen molar-refractivity contribution in [2.75, 3.05) is 20.2 Å². The second-order valence-electron chi connectivity index (χ2n) is 5.34. The molecule has 1 fully saturated rings. The van der Waals surface area contributed by atoms with Crippen molar-refractivity contribution in [3.05, 3.63) is 0 Å². The highest BCUT2D eigenvalue weighted by Crippen LogP contribution is 2.25. The fourth-order valence-corrected chi connectivity index (χ4v) is 2.17. The number of hydrogen-bond donors (Lipinski definition) is 2. The van der Waals surface area contributed by atoms with Gasteiger partial charge in [-0.1, -0.05) is 0 Å². The van der Waals surface area contributed by atoms with Crippen LogP contribution in [0.4, 0.5) is 0 Å². The lowest BCUT2D eigenvalue weighted by Crippen LogP contribution is -2.38. The van der Waals surface area contributed by atoms with Crippen LogP contribution in [-0.2, 0) is 9.53 Å². The highest BCUT2D eigenvalue weighted by atomic mass is 16.5. The van der Waals surface area contributed by atoms with E-state index in [1.54, 1.807) is 0 Å². The van der Waals surface area contributed by atoms with Crippen LogP contribution in [0.25, 0.3) is 0 Å². The Labute approximate surface area is 97.4 Å². The summed E-state index contributed by atoms with van der Waals surface area (Å²) in [6.07, 6.45) is 2.74. The summed E-state index contributed by atoms with van der Waals surface area (Å²) in [6.45, 7) is 5.23. The largest absolute Gasteiger partial charge is 0.469 e. The van der Waals surface area contributed by atoms with Crippen LogP contribution in [0.15, 0.2) is 0 Å². The van der Waals surface area contributed by atoms with Crippen LogP contribution in [0.2, 0.25) is 0 Å². The average molecular weight is 229 g/mol. The SMILES string of the molecule is COC(=O)C(C)(C)CNCC1CCC(O)C1. The molecule has 0 aromatic rings. The van der Waals surface area contributed by atoms with Gasteiger partial charge in [-0.25, -0.2) is 0 Å². The van der Waals surface area contributed by atoms with Crippen molar-refractivity contribution in [1.82, 2.24) is 5.32 Å². The number of methoxy groups -OCH3 is 1. The minimum absolute atomic E-state index is 0.125. The van der Waals surface area contributed by atoms with Gasteiger partial charge in [-0.2, -0.15) is 0 Å². The molecular formula is C12H23NO3. The van der Waals surface area contributed by atoms with Gasteiger partial charge in [-0.05, 0) is 45.6 Å². The summed E-state index contributed by atoms with van der Waals surface area (Å²) in [4.78, 5) is 11.4. The van der Waals surface area contributed by atoms with E-state index in [9.17, 15) is 9.90 Å². The smallest absolute Gasteiger partial charge is 0.312 e. The third kappa shape index (κ3) is 3.76. The maximum absolute atomic E-state index is 11.4. The van der Waals surface area contributed by atoms with Crippen LogP contribution in [-0.4, -0.2) is 37.4 Å². The number of carbonyl (C=O) groups excluding carboxylic acids is 1. The van der Waals surface area contributed by atoms with Gasteiger partial charge in [0.05, 0.1) is 18.6 Å². The van der Waals surface area contributed by atoms with Gasteiger partial charge < -0.3 is 15.2 Å². The lowest BCUT2D eigenvalue weighted by atomic mass is 9.93. The van der Waals surface area contributed by atoms with E-state index >= 15 is 0 Å². The van der Waals surface area contributed by atoms with Crippen molar-refractivity contribution in [3.63, 3.8) is 0 Å². The molecule has 1 rings (SSSR count). The lowest BCUT2D eigenvalue weighted by Gasteiger charge is -2.22. The van der Waals surface area contributed by atoms with Crippen molar-refractivity contribution >= 4 is 5.97 Å². The molecule has 0 heterocycles. The Morgan fingerprint density at radius 3 is 2.69 bits per heavy atom. The summed E-state index contributed by atoms with van der Waals surface area (Å²) >= 11 is 0. The molecule has 0 saturated heterocycles. The standard InChI is InChI=1S/C12H23NO3/c1-12(2,11(15)16-3)8-13-7-9-4-5-10(14)6-9/h9-10,13-14H,4-8H2,1-3H3. The molecule has 1 saturated carbocycles. The lowest BCUT2D eigenvalue weighted by molar-refractivity contribution is -0.150. The molecule has 1 aliphatic rings. The number of aliphatic hydroxyl groups is 1. The van der Waals surface area contributed by atoms with Crippen LogP contribution in [0.5, 0.6) is 0 Å². The Balaban J connectivity index is 2.22. The fourth-order valence-electron chi connectivity index (χ4n) is 2.17. The Kier molecular flexibility index (Phi) is 4.74. The fraction of sp³-hybridized carbons (Fsp3) is 0.917. The minimum Gasteiger partial charge on any atom is -0.469 e. The third-order valence-corrected chi connectivity index (χ3v) is 3.25. The predicted molar refractivity (Wildman–Crippen MR) is 62.0 cm³/mol. The second-order valence-corrected chi connectivity index (χ2v) is 5.34. The van der Waals surface area contributed by atoms with Crippen molar-refractivity contribution < 1.29 is 14.6 Å². The predicted octanol–water partition coefficient (Wildman–Crippen LogP) is 0.936. The third-order valence-electron chi connectivity index (χ3n) is 3.25. The van der Waals surface area contributed by atoms with Gasteiger partial charge in [-0.15, -0.1) is 0 Å². The molecular weight excluding hydrogens is 206 g/mol. The number of esters is 1. The maximum Gasteiger partial charge on any atom is 0.312 e. The van der Waals surface area contributed by atoms with Crippen LogP contribution in [0.3, 0.4) is 0 Å². The van der Waals surface area contributed by atoms with Gasteiger partial charge in [0.25, 0.3) is 0 Å². The highest BCUT2D eigenvalue weighted by molar-refractivity contribution is 5.76. The Bertz CT molecular complexity index is 240. The first-order valence-electron chi connectivity index (χ1n) is 5.93. The molecule has 16 heavy (non-hydrogen) atoms. The van der Waals surface area contributed by atoms with E-state index in [1.165, 1.54) is 7.11 Å². The Morgan fingerprint density at radius 1 is 1.50 bits per heavy atom. The number of ether oxygens (including phenoxy) is 1. The summed E-state index contributed by atoms with van der Waals surface area (Å²) in [5.74, 6) is 0.356. The molecule has 2 atom stereocenters. The van der Waals surface area contributed by atoms with E-state index in [2.05, 4.69) is 5.32 Å². The summed E-state index contributed by atoms with van der Waals surface area (Å²) in [7, 11) is 1.41. The van der Waals surface area contributed by atoms with E-state index in [0.29, 0.717) is 12.5 Å². The first-order chi connectivity index (χ1) is 7.45. The summed E-state index contributed by atoms with van der Waals surface area (Å²) in [5.41, 5.74) is -0.480. The molecule has 0 bridgehead atoms. The molecule has 4 heteroatoms. The van der Waals surface area contributed by atoms with Crippen molar-refractivity contribution in [2.45, 2.75) is 39.2 Å². The van der Waals surface area contributed by atoms with Crippen LogP contribution in [0, 0.1) is 11.3 Å². The molecule has 0 aliphatic heterocycles. The molecule has 0 amide bonds. The molecule has 2 N–H and O–H groups in total. The number of carbonyl (C=O) groups is 1. The monoisotopic (exact) mass is 229 g/mol. The first kappa shape index (κ1) is 13.5. The van der Waals surface area contributed by atoms with E-state index in [1.807, 2.05) is 13.8 Å². The van der Waals surface area contributed by atoms with Crippen molar-refractivity contribution in [1.29, 1.82) is 0 Å². The second kappa shape index (κ2) is 5.64. The minimum atomic E-state index is -0.480. The summed E-state index contributed by atoms with van der Waals surface area (Å²) in [6, 6.07) is 0. The Hall–Kier alpha value is -0.610. The van der Waals surface area contributed by atoms with Crippen LogP contribution < -0.4 is 5.32 Å². The van der Waals surface area contributed by atoms with Crippen molar-refractivity contribution in [2.24, 2.45) is 11.3 Å². The highest BCUT2D eigenvalue weighted by Gasteiger charge is 2.29. The number of hydrogen-bond acceptors (Lipinski definition) is 4. The topological polar surface area (TPSA) is 58.6 Å². The zero-order valence-corrected chi connectivity index (χ0v) is 10.5. The van der Waals surface area contributed by atoms with Crippen LogP contribution >= 0.6 is 0 Å². The van der Waals surface area contributed by atoms with E-state index in [4.69, 9.17) is 4.74 Å². The normalized spacial score (nSPS) is 25.8. The van der Waals surface area contributed by atoms with E-state index in [0.717, 1.165) is 25.8 Å². The van der Waals surface area contributed by atoms with Crippen molar-refractivity contribution in [3.8, 4) is 0 Å². The molecule has 0 spiro atoms. The van der Waals surface area contributed by atoms with Gasteiger partial charge in [0.15, 0.2) is 0 Å². The van der Waals surface area contributed by atoms with Crippen LogP contribution in [0.1, 0.15) is 33.1 Å². The van der Waals surface area contributed by atoms with Gasteiger partial charge in [0, 0.05) is 6.54 Å². The van der Waals surface area contributed by atoms with Gasteiger partial charge in [0.2, 0.25) is 0 Å². The number of aliphatic hydroxyl groups excluding tert-OH is 1. The summed E-state index contributed by atoms with van der Waals surface area (Å²) < 4.78 is 4.74. The maximum atomic E-state index is 11.4. The van der Waals surface area contributed by atoms with Gasteiger partial charge in [-0.3, -0.25) is 4.79 Å². The molecule has 94 valence electrons. The molecule has 0 aromatic carbocycles. The molecule has 0 aromatic heterocycles. The average Bonchev–Trinajstić information content (AvgIpc) is 2.62. The quantitative estimate of drug-likeness (QED) is 0.689. The van der Waals surface area contributed by atoms with Gasteiger partial charge in [0.1, 0.15) is 0 Å². The molecule has 2 unspecified atom stereocenters. The summed E-state index contributed by atoms with van der Waals surface area (Å²) in [5, 5.41) is 12.7. The molecule has 4 nitrogen and oxygen atoms in total. The number of nitrogens with one attached hydrogen (secondary N) is 1.